The van der Waals surface area contributed by atoms with Crippen LogP contribution in [0.3, 0.4) is 0 Å². The minimum Gasteiger partial charge on any atom is -0.355 e. The van der Waals surface area contributed by atoms with Gasteiger partial charge in [-0.05, 0) is 29.7 Å². The number of fused-ring (bicyclic) bond motifs is 2. The highest BCUT2D eigenvalue weighted by molar-refractivity contribution is 7.16. The van der Waals surface area contributed by atoms with Crippen LogP contribution in [0.15, 0.2) is 66.2 Å². The Hall–Kier alpha value is -2.39. The van der Waals surface area contributed by atoms with Gasteiger partial charge in [-0.15, -0.1) is 11.3 Å². The number of thiazole rings is 1. The molecule has 3 heteroatoms. The quantitative estimate of drug-likeness (QED) is 0.544. The number of hydrogen-bond acceptors (Lipinski definition) is 3. The van der Waals surface area contributed by atoms with E-state index in [0.29, 0.717) is 0 Å². The summed E-state index contributed by atoms with van der Waals surface area (Å²) in [5.74, 6) is 0. The third-order valence-corrected chi connectivity index (χ3v) is 4.19. The molecule has 20 heavy (non-hydrogen) atoms. The summed E-state index contributed by atoms with van der Waals surface area (Å²) in [6.07, 6.45) is 0. The molecule has 0 aliphatic heterocycles. The predicted octanol–water partition coefficient (Wildman–Crippen LogP) is 5.19. The van der Waals surface area contributed by atoms with Crippen LogP contribution in [0.25, 0.3) is 21.0 Å². The zero-order valence-corrected chi connectivity index (χ0v) is 11.5. The predicted molar refractivity (Wildman–Crippen MR) is 86.9 cm³/mol. The van der Waals surface area contributed by atoms with E-state index in [2.05, 4.69) is 71.0 Å². The van der Waals surface area contributed by atoms with Gasteiger partial charge in [0.05, 0.1) is 15.7 Å². The summed E-state index contributed by atoms with van der Waals surface area (Å²) in [4.78, 5) is 4.31. The molecule has 0 unspecified atom stereocenters. The molecule has 0 spiro atoms. The van der Waals surface area contributed by atoms with Crippen molar-refractivity contribution in [3.8, 4) is 0 Å². The summed E-state index contributed by atoms with van der Waals surface area (Å²) in [7, 11) is 0. The average Bonchev–Trinajstić information content (AvgIpc) is 2.95. The molecular weight excluding hydrogens is 264 g/mol. The van der Waals surface area contributed by atoms with Crippen LogP contribution in [0.4, 0.5) is 11.4 Å². The second-order valence-corrected chi connectivity index (χ2v) is 5.57. The molecule has 0 saturated heterocycles. The fourth-order valence-corrected chi connectivity index (χ4v) is 3.14. The van der Waals surface area contributed by atoms with Crippen LogP contribution in [-0.2, 0) is 0 Å². The number of anilines is 2. The molecule has 0 radical (unpaired) electrons. The third kappa shape index (κ3) is 1.92. The maximum atomic E-state index is 4.31. The lowest BCUT2D eigenvalue weighted by Gasteiger charge is -2.09. The van der Waals surface area contributed by atoms with Gasteiger partial charge in [0.1, 0.15) is 0 Å². The minimum absolute atomic E-state index is 1.05. The van der Waals surface area contributed by atoms with E-state index in [-0.39, 0.29) is 0 Å². The standard InChI is InChI=1S/C17H12N2S/c1-2-6-14-12(4-1)5-3-7-15(14)19-13-8-9-16-17(10-13)20-11-18-16/h1-11,19H. The molecule has 1 aromatic heterocycles. The zero-order chi connectivity index (χ0) is 13.4. The number of hydrogen-bond donors (Lipinski definition) is 1. The van der Waals surface area contributed by atoms with Crippen molar-refractivity contribution in [2.45, 2.75) is 0 Å². The lowest BCUT2D eigenvalue weighted by Crippen LogP contribution is -1.90. The van der Waals surface area contributed by atoms with Crippen LogP contribution in [0.5, 0.6) is 0 Å². The molecule has 1 heterocycles. The number of nitrogens with one attached hydrogen (secondary N) is 1. The topological polar surface area (TPSA) is 24.9 Å². The Labute approximate surface area is 120 Å². The van der Waals surface area contributed by atoms with E-state index < -0.39 is 0 Å². The molecule has 0 aliphatic carbocycles. The molecule has 0 atom stereocenters. The first-order valence-electron chi connectivity index (χ1n) is 6.48. The fourth-order valence-electron chi connectivity index (χ4n) is 2.42. The van der Waals surface area contributed by atoms with E-state index in [4.69, 9.17) is 0 Å². The summed E-state index contributed by atoms with van der Waals surface area (Å²) >= 11 is 1.66. The van der Waals surface area contributed by atoms with Gasteiger partial charge in [-0.25, -0.2) is 4.98 Å². The van der Waals surface area contributed by atoms with Crippen molar-refractivity contribution in [1.29, 1.82) is 0 Å². The van der Waals surface area contributed by atoms with Gasteiger partial charge < -0.3 is 5.32 Å². The first-order valence-corrected chi connectivity index (χ1v) is 7.36. The highest BCUT2D eigenvalue weighted by Gasteiger charge is 2.02. The van der Waals surface area contributed by atoms with E-state index in [0.717, 1.165) is 16.9 Å². The van der Waals surface area contributed by atoms with E-state index >= 15 is 0 Å². The molecule has 3 aromatic carbocycles. The summed E-state index contributed by atoms with van der Waals surface area (Å²) in [6, 6.07) is 21.0. The van der Waals surface area contributed by atoms with E-state index in [9.17, 15) is 0 Å². The van der Waals surface area contributed by atoms with E-state index in [1.807, 2.05) is 5.51 Å². The molecule has 0 amide bonds. The van der Waals surface area contributed by atoms with Crippen molar-refractivity contribution in [3.05, 3.63) is 66.2 Å². The van der Waals surface area contributed by atoms with Gasteiger partial charge in [0, 0.05) is 16.8 Å². The van der Waals surface area contributed by atoms with Gasteiger partial charge in [0.15, 0.2) is 0 Å². The van der Waals surface area contributed by atoms with Gasteiger partial charge in [0.25, 0.3) is 0 Å². The van der Waals surface area contributed by atoms with Crippen molar-refractivity contribution in [1.82, 2.24) is 4.98 Å². The lowest BCUT2D eigenvalue weighted by molar-refractivity contribution is 1.50. The van der Waals surface area contributed by atoms with E-state index in [1.54, 1.807) is 11.3 Å². The summed E-state index contributed by atoms with van der Waals surface area (Å²) in [6.45, 7) is 0. The van der Waals surface area contributed by atoms with Gasteiger partial charge in [-0.2, -0.15) is 0 Å². The Morgan fingerprint density at radius 2 is 1.80 bits per heavy atom. The monoisotopic (exact) mass is 276 g/mol. The average molecular weight is 276 g/mol. The molecule has 0 saturated carbocycles. The second kappa shape index (κ2) is 4.62. The molecule has 96 valence electrons. The van der Waals surface area contributed by atoms with Crippen molar-refractivity contribution in [2.75, 3.05) is 5.32 Å². The van der Waals surface area contributed by atoms with Crippen LogP contribution < -0.4 is 5.32 Å². The molecule has 0 fully saturated rings. The van der Waals surface area contributed by atoms with Crippen molar-refractivity contribution in [3.63, 3.8) is 0 Å². The fraction of sp³-hybridized carbons (Fsp3) is 0. The SMILES string of the molecule is c1ccc2c(Nc3ccc4ncsc4c3)cccc2c1. The maximum Gasteiger partial charge on any atom is 0.0813 e. The highest BCUT2D eigenvalue weighted by Crippen LogP contribution is 2.28. The molecule has 4 rings (SSSR count). The molecule has 0 bridgehead atoms. The van der Waals surface area contributed by atoms with Crippen LogP contribution >= 0.6 is 11.3 Å². The first kappa shape index (κ1) is 11.4. The Morgan fingerprint density at radius 3 is 2.80 bits per heavy atom. The Morgan fingerprint density at radius 1 is 0.900 bits per heavy atom. The highest BCUT2D eigenvalue weighted by atomic mass is 32.1. The van der Waals surface area contributed by atoms with Gasteiger partial charge in [-0.3, -0.25) is 0 Å². The third-order valence-electron chi connectivity index (χ3n) is 3.40. The Balaban J connectivity index is 1.80. The zero-order valence-electron chi connectivity index (χ0n) is 10.7. The van der Waals surface area contributed by atoms with Crippen LogP contribution in [0, 0.1) is 0 Å². The lowest BCUT2D eigenvalue weighted by atomic mass is 10.1. The second-order valence-electron chi connectivity index (χ2n) is 4.69. The van der Waals surface area contributed by atoms with Crippen LogP contribution in [0.1, 0.15) is 0 Å². The number of aromatic nitrogens is 1. The molecule has 1 N–H and O–H groups in total. The van der Waals surface area contributed by atoms with Crippen molar-refractivity contribution >= 4 is 43.7 Å². The molecule has 4 aromatic rings. The van der Waals surface area contributed by atoms with E-state index in [1.165, 1.54) is 15.5 Å². The van der Waals surface area contributed by atoms with Gasteiger partial charge in [-0.1, -0.05) is 36.4 Å². The summed E-state index contributed by atoms with van der Waals surface area (Å²) in [5.41, 5.74) is 5.16. The van der Waals surface area contributed by atoms with Gasteiger partial charge >= 0.3 is 0 Å². The summed E-state index contributed by atoms with van der Waals surface area (Å²) in [5, 5.41) is 5.99. The Kier molecular flexibility index (Phi) is 2.64. The molecular formula is C17H12N2S. The van der Waals surface area contributed by atoms with Crippen molar-refractivity contribution < 1.29 is 0 Å². The summed E-state index contributed by atoms with van der Waals surface area (Å²) < 4.78 is 1.20. The normalized spacial score (nSPS) is 11.0. The smallest absolute Gasteiger partial charge is 0.0813 e. The Bertz CT molecular complexity index is 890. The molecule has 0 aliphatic rings. The van der Waals surface area contributed by atoms with Crippen LogP contribution in [-0.4, -0.2) is 4.98 Å². The number of benzene rings is 3. The maximum absolute atomic E-state index is 4.31. The van der Waals surface area contributed by atoms with Gasteiger partial charge in [0.2, 0.25) is 0 Å². The largest absolute Gasteiger partial charge is 0.355 e. The molecule has 2 nitrogen and oxygen atoms in total. The number of rotatable bonds is 2. The first-order chi connectivity index (χ1) is 9.90. The number of nitrogens with zero attached hydrogens (tertiary/aromatic N) is 1. The van der Waals surface area contributed by atoms with Crippen molar-refractivity contribution in [2.24, 2.45) is 0 Å². The minimum atomic E-state index is 1.05. The van der Waals surface area contributed by atoms with Crippen LogP contribution in [0.2, 0.25) is 0 Å².